The van der Waals surface area contributed by atoms with Crippen molar-refractivity contribution in [2.24, 2.45) is 11.8 Å². The smallest absolute Gasteiger partial charge is 0.243 e. The Morgan fingerprint density at radius 3 is 2.27 bits per heavy atom. The zero-order valence-corrected chi connectivity index (χ0v) is 16.6. The maximum absolute atomic E-state index is 12.7. The highest BCUT2D eigenvalue weighted by Gasteiger charge is 2.32. The van der Waals surface area contributed by atoms with E-state index in [2.05, 4.69) is 5.32 Å². The molecule has 1 heterocycles. The fraction of sp³-hybridized carbons (Fsp3) is 0.632. The van der Waals surface area contributed by atoms with Gasteiger partial charge in [-0.2, -0.15) is 4.31 Å². The summed E-state index contributed by atoms with van der Waals surface area (Å²) in [4.78, 5) is 12.7. The molecule has 1 aliphatic heterocycles. The van der Waals surface area contributed by atoms with Gasteiger partial charge < -0.3 is 5.32 Å². The number of carbonyl (C=O) groups excluding carboxylic acids is 1. The number of hydrogen-bond donors (Lipinski definition) is 1. The summed E-state index contributed by atoms with van der Waals surface area (Å²) in [6.45, 7) is 1.53. The van der Waals surface area contributed by atoms with Gasteiger partial charge in [0.1, 0.15) is 0 Å². The molecule has 7 heteroatoms. The first-order valence-electron chi connectivity index (χ1n) is 9.50. The minimum atomic E-state index is -3.51. The topological polar surface area (TPSA) is 66.5 Å². The highest BCUT2D eigenvalue weighted by molar-refractivity contribution is 7.89. The lowest BCUT2D eigenvalue weighted by Gasteiger charge is -2.31. The normalized spacial score (nSPS) is 20.8. The summed E-state index contributed by atoms with van der Waals surface area (Å²) < 4.78 is 26.9. The summed E-state index contributed by atoms with van der Waals surface area (Å²) in [5.74, 6) is 0.604. The van der Waals surface area contributed by atoms with Crippen molar-refractivity contribution < 1.29 is 13.2 Å². The third-order valence-corrected chi connectivity index (χ3v) is 7.73. The molecule has 0 atom stereocenters. The summed E-state index contributed by atoms with van der Waals surface area (Å²) in [7, 11) is -3.51. The molecule has 1 N–H and O–H groups in total. The molecule has 0 radical (unpaired) electrons. The zero-order valence-electron chi connectivity index (χ0n) is 15.0. The van der Waals surface area contributed by atoms with E-state index < -0.39 is 10.0 Å². The summed E-state index contributed by atoms with van der Waals surface area (Å²) >= 11 is 5.83. The first-order valence-corrected chi connectivity index (χ1v) is 11.3. The van der Waals surface area contributed by atoms with Crippen LogP contribution >= 0.6 is 11.6 Å². The Hall–Kier alpha value is -1.11. The summed E-state index contributed by atoms with van der Waals surface area (Å²) in [5, 5.41) is 3.60. The van der Waals surface area contributed by atoms with Gasteiger partial charge in [-0.1, -0.05) is 30.9 Å². The van der Waals surface area contributed by atoms with E-state index in [-0.39, 0.29) is 16.7 Å². The van der Waals surface area contributed by atoms with Crippen molar-refractivity contribution in [1.82, 2.24) is 9.62 Å². The van der Waals surface area contributed by atoms with Gasteiger partial charge in [0.15, 0.2) is 0 Å². The van der Waals surface area contributed by atoms with Gasteiger partial charge in [-0.25, -0.2) is 8.42 Å². The first-order chi connectivity index (χ1) is 12.5. The molecule has 2 fully saturated rings. The van der Waals surface area contributed by atoms with Gasteiger partial charge in [-0.3, -0.25) is 4.79 Å². The number of hydrogen-bond acceptors (Lipinski definition) is 3. The van der Waals surface area contributed by atoms with Gasteiger partial charge in [0, 0.05) is 30.6 Å². The SMILES string of the molecule is O=C(NCC1CCCCC1)C1CCN(S(=O)(=O)c2ccc(Cl)cc2)CC1. The third-order valence-electron chi connectivity index (χ3n) is 5.57. The molecule has 2 aliphatic rings. The maximum atomic E-state index is 12.7. The van der Waals surface area contributed by atoms with Crippen molar-refractivity contribution in [2.75, 3.05) is 19.6 Å². The molecule has 5 nitrogen and oxygen atoms in total. The van der Waals surface area contributed by atoms with E-state index in [1.807, 2.05) is 0 Å². The molecule has 1 amide bonds. The number of piperidine rings is 1. The molecule has 1 saturated heterocycles. The summed E-state index contributed by atoms with van der Waals surface area (Å²) in [6, 6.07) is 6.22. The van der Waals surface area contributed by atoms with Gasteiger partial charge in [0.05, 0.1) is 4.90 Å². The quantitative estimate of drug-likeness (QED) is 0.826. The average Bonchev–Trinajstić information content (AvgIpc) is 2.67. The predicted molar refractivity (Wildman–Crippen MR) is 103 cm³/mol. The molecule has 0 unspecified atom stereocenters. The average molecular weight is 399 g/mol. The van der Waals surface area contributed by atoms with Gasteiger partial charge >= 0.3 is 0 Å². The van der Waals surface area contributed by atoms with E-state index in [0.29, 0.717) is 36.9 Å². The zero-order chi connectivity index (χ0) is 18.6. The van der Waals surface area contributed by atoms with Crippen molar-refractivity contribution in [2.45, 2.75) is 49.8 Å². The van der Waals surface area contributed by atoms with E-state index in [9.17, 15) is 13.2 Å². The van der Waals surface area contributed by atoms with Crippen LogP contribution in [0.1, 0.15) is 44.9 Å². The van der Waals surface area contributed by atoms with Crippen molar-refractivity contribution in [1.29, 1.82) is 0 Å². The van der Waals surface area contributed by atoms with Crippen molar-refractivity contribution in [3.05, 3.63) is 29.3 Å². The molecular weight excluding hydrogens is 372 g/mol. The van der Waals surface area contributed by atoms with Crippen LogP contribution in [0.3, 0.4) is 0 Å². The number of sulfonamides is 1. The number of nitrogens with one attached hydrogen (secondary N) is 1. The monoisotopic (exact) mass is 398 g/mol. The standard InChI is InChI=1S/C19H27ClN2O3S/c20-17-6-8-18(9-7-17)26(24,25)22-12-10-16(11-13-22)19(23)21-14-15-4-2-1-3-5-15/h6-9,15-16H,1-5,10-14H2,(H,21,23). The highest BCUT2D eigenvalue weighted by atomic mass is 35.5. The second-order valence-electron chi connectivity index (χ2n) is 7.38. The van der Waals surface area contributed by atoms with E-state index in [1.165, 1.54) is 48.5 Å². The maximum Gasteiger partial charge on any atom is 0.243 e. The molecule has 26 heavy (non-hydrogen) atoms. The highest BCUT2D eigenvalue weighted by Crippen LogP contribution is 2.26. The molecule has 0 aromatic heterocycles. The molecule has 3 rings (SSSR count). The summed E-state index contributed by atoms with van der Waals surface area (Å²) in [5.41, 5.74) is 0. The van der Waals surface area contributed by atoms with Gasteiger partial charge in [-0.05, 0) is 55.9 Å². The van der Waals surface area contributed by atoms with Crippen LogP contribution in [-0.4, -0.2) is 38.3 Å². The number of nitrogens with zero attached hydrogens (tertiary/aromatic N) is 1. The minimum Gasteiger partial charge on any atom is -0.356 e. The fourth-order valence-corrected chi connectivity index (χ4v) is 5.49. The van der Waals surface area contributed by atoms with Crippen molar-refractivity contribution in [3.8, 4) is 0 Å². The molecule has 1 aromatic rings. The molecule has 0 bridgehead atoms. The summed E-state index contributed by atoms with van der Waals surface area (Å²) in [6.07, 6.45) is 7.40. The first kappa shape index (κ1) is 19.6. The van der Waals surface area contributed by atoms with Crippen LogP contribution in [0.2, 0.25) is 5.02 Å². The molecule has 1 aromatic carbocycles. The van der Waals surface area contributed by atoms with Gasteiger partial charge in [0.25, 0.3) is 0 Å². The van der Waals surface area contributed by atoms with Crippen LogP contribution in [0.15, 0.2) is 29.2 Å². The van der Waals surface area contributed by atoms with E-state index >= 15 is 0 Å². The van der Waals surface area contributed by atoms with Crippen LogP contribution in [0.4, 0.5) is 0 Å². The second kappa shape index (κ2) is 8.72. The number of carbonyl (C=O) groups is 1. The number of rotatable bonds is 5. The number of benzene rings is 1. The third kappa shape index (κ3) is 4.78. The Balaban J connectivity index is 1.50. The Bertz CT molecular complexity index is 707. The Morgan fingerprint density at radius 1 is 1.04 bits per heavy atom. The van der Waals surface area contributed by atoms with E-state index in [4.69, 9.17) is 11.6 Å². The number of halogens is 1. The van der Waals surface area contributed by atoms with Crippen LogP contribution in [-0.2, 0) is 14.8 Å². The van der Waals surface area contributed by atoms with Crippen LogP contribution in [0.5, 0.6) is 0 Å². The van der Waals surface area contributed by atoms with E-state index in [0.717, 1.165) is 6.54 Å². The van der Waals surface area contributed by atoms with Crippen molar-refractivity contribution >= 4 is 27.5 Å². The largest absolute Gasteiger partial charge is 0.356 e. The van der Waals surface area contributed by atoms with Crippen LogP contribution in [0, 0.1) is 11.8 Å². The molecule has 1 aliphatic carbocycles. The minimum absolute atomic E-state index is 0.0825. The van der Waals surface area contributed by atoms with Crippen LogP contribution < -0.4 is 5.32 Å². The molecular formula is C19H27ClN2O3S. The Labute approximate surface area is 161 Å². The fourth-order valence-electron chi connectivity index (χ4n) is 3.89. The predicted octanol–water partition coefficient (Wildman–Crippen LogP) is 3.44. The Kier molecular flexibility index (Phi) is 6.59. The number of amides is 1. The lowest BCUT2D eigenvalue weighted by molar-refractivity contribution is -0.126. The molecule has 144 valence electrons. The van der Waals surface area contributed by atoms with Gasteiger partial charge in [-0.15, -0.1) is 0 Å². The van der Waals surface area contributed by atoms with Crippen molar-refractivity contribution in [3.63, 3.8) is 0 Å². The van der Waals surface area contributed by atoms with E-state index in [1.54, 1.807) is 12.1 Å². The second-order valence-corrected chi connectivity index (χ2v) is 9.76. The van der Waals surface area contributed by atoms with Gasteiger partial charge in [0.2, 0.25) is 15.9 Å². The molecule has 1 saturated carbocycles. The molecule has 0 spiro atoms. The lowest BCUT2D eigenvalue weighted by Crippen LogP contribution is -2.43. The Morgan fingerprint density at radius 2 is 1.65 bits per heavy atom. The lowest BCUT2D eigenvalue weighted by atomic mass is 9.89. The van der Waals surface area contributed by atoms with Crippen LogP contribution in [0.25, 0.3) is 0 Å².